The summed E-state index contributed by atoms with van der Waals surface area (Å²) in [6.45, 7) is 6.73. The molecule has 0 radical (unpaired) electrons. The zero-order chi connectivity index (χ0) is 28.4. The van der Waals surface area contributed by atoms with Crippen LogP contribution >= 0.6 is 23.2 Å². The molecule has 6 nitrogen and oxygen atoms in total. The number of likely N-dealkylation sites (tertiary alicyclic amines) is 1. The van der Waals surface area contributed by atoms with Gasteiger partial charge < -0.3 is 4.74 Å². The van der Waals surface area contributed by atoms with Crippen molar-refractivity contribution in [1.29, 1.82) is 0 Å². The van der Waals surface area contributed by atoms with Gasteiger partial charge in [0, 0.05) is 47.7 Å². The fourth-order valence-electron chi connectivity index (χ4n) is 4.81. The molecular formula is C30H34Cl2N2O4S. The maximum absolute atomic E-state index is 13.1. The molecule has 0 aromatic heterocycles. The smallest absolute Gasteiger partial charge is 0.414 e. The first kappa shape index (κ1) is 29.4. The lowest BCUT2D eigenvalue weighted by Gasteiger charge is -2.44. The Morgan fingerprint density at radius 2 is 1.59 bits per heavy atom. The van der Waals surface area contributed by atoms with Gasteiger partial charge in [-0.2, -0.15) is 0 Å². The van der Waals surface area contributed by atoms with Crippen molar-refractivity contribution in [2.24, 2.45) is 5.92 Å². The summed E-state index contributed by atoms with van der Waals surface area (Å²) >= 11 is 12.2. The Balaban J connectivity index is 1.40. The summed E-state index contributed by atoms with van der Waals surface area (Å²) < 4.78 is 31.7. The third kappa shape index (κ3) is 7.98. The number of benzene rings is 2. The average molecular weight is 590 g/mol. The molecule has 2 aromatic carbocycles. The van der Waals surface area contributed by atoms with E-state index in [1.165, 1.54) is 10.3 Å². The van der Waals surface area contributed by atoms with E-state index >= 15 is 0 Å². The van der Waals surface area contributed by atoms with Gasteiger partial charge in [-0.1, -0.05) is 59.6 Å². The van der Waals surface area contributed by atoms with Crippen molar-refractivity contribution in [3.63, 3.8) is 0 Å². The number of amides is 1. The first-order valence-electron chi connectivity index (χ1n) is 12.8. The quantitative estimate of drug-likeness (QED) is 0.347. The molecule has 2 aliphatic rings. The van der Waals surface area contributed by atoms with Crippen LogP contribution in [0.4, 0.5) is 4.79 Å². The number of rotatable bonds is 7. The lowest BCUT2D eigenvalue weighted by atomic mass is 9.91. The number of hydrogen-bond donors (Lipinski definition) is 0. The second-order valence-electron chi connectivity index (χ2n) is 11.1. The maximum Gasteiger partial charge on any atom is 0.414 e. The molecule has 0 spiro atoms. The number of carbonyl (C=O) groups excluding carboxylic acids is 1. The highest BCUT2D eigenvalue weighted by molar-refractivity contribution is 7.94. The van der Waals surface area contributed by atoms with Crippen molar-refractivity contribution in [3.05, 3.63) is 105 Å². The van der Waals surface area contributed by atoms with Crippen LogP contribution in [-0.2, 0) is 14.6 Å². The summed E-state index contributed by atoms with van der Waals surface area (Å²) in [7, 11) is -1.83. The summed E-state index contributed by atoms with van der Waals surface area (Å²) in [4.78, 5) is 16.1. The molecule has 1 heterocycles. The van der Waals surface area contributed by atoms with Gasteiger partial charge in [-0.25, -0.2) is 13.2 Å². The Morgan fingerprint density at radius 1 is 1.05 bits per heavy atom. The zero-order valence-electron chi connectivity index (χ0n) is 22.6. The number of allylic oxidation sites excluding steroid dienone is 4. The molecule has 4 rings (SSSR count). The second kappa shape index (κ2) is 11.9. The summed E-state index contributed by atoms with van der Waals surface area (Å²) in [5.41, 5.74) is 2.88. The lowest BCUT2D eigenvalue weighted by molar-refractivity contribution is 0.0350. The molecule has 1 fully saturated rings. The van der Waals surface area contributed by atoms with E-state index in [-0.39, 0.29) is 17.7 Å². The Bertz CT molecular complexity index is 1340. The van der Waals surface area contributed by atoms with Crippen LogP contribution < -0.4 is 0 Å². The number of halogens is 2. The maximum atomic E-state index is 13.1. The predicted molar refractivity (Wildman–Crippen MR) is 158 cm³/mol. The van der Waals surface area contributed by atoms with Gasteiger partial charge in [0.15, 0.2) is 9.84 Å². The molecule has 2 aromatic rings. The summed E-state index contributed by atoms with van der Waals surface area (Å²) in [5.74, 6) is 0.0800. The van der Waals surface area contributed by atoms with E-state index in [0.717, 1.165) is 11.1 Å². The number of sulfone groups is 1. The summed E-state index contributed by atoms with van der Waals surface area (Å²) in [6, 6.07) is 15.5. The van der Waals surface area contributed by atoms with Crippen LogP contribution in [0.3, 0.4) is 0 Å². The van der Waals surface area contributed by atoms with Crippen molar-refractivity contribution in [3.8, 4) is 0 Å². The van der Waals surface area contributed by atoms with Gasteiger partial charge in [0.25, 0.3) is 0 Å². The highest BCUT2D eigenvalue weighted by Crippen LogP contribution is 2.36. The molecule has 1 aliphatic carbocycles. The fraction of sp³-hybridized carbons (Fsp3) is 0.367. The van der Waals surface area contributed by atoms with Crippen molar-refractivity contribution in [2.45, 2.75) is 38.8 Å². The van der Waals surface area contributed by atoms with Crippen molar-refractivity contribution < 1.29 is 17.9 Å². The zero-order valence-corrected chi connectivity index (χ0v) is 24.9. The second-order valence-corrected chi connectivity index (χ2v) is 13.8. The van der Waals surface area contributed by atoms with Crippen molar-refractivity contribution >= 4 is 39.1 Å². The number of hydrogen-bond acceptors (Lipinski definition) is 5. The van der Waals surface area contributed by atoms with E-state index in [1.807, 2.05) is 48.5 Å². The van der Waals surface area contributed by atoms with Crippen LogP contribution in [0.15, 0.2) is 83.4 Å². The van der Waals surface area contributed by atoms with Gasteiger partial charge in [0.05, 0.1) is 11.8 Å². The molecule has 1 amide bonds. The van der Waals surface area contributed by atoms with E-state index in [0.29, 0.717) is 40.8 Å². The predicted octanol–water partition coefficient (Wildman–Crippen LogP) is 7.02. The van der Waals surface area contributed by atoms with Gasteiger partial charge in [-0.3, -0.25) is 9.80 Å². The molecule has 9 heteroatoms. The fourth-order valence-corrected chi connectivity index (χ4v) is 6.65. The summed E-state index contributed by atoms with van der Waals surface area (Å²) in [5, 5.41) is 2.68. The van der Waals surface area contributed by atoms with E-state index in [2.05, 4.69) is 4.90 Å². The van der Waals surface area contributed by atoms with Crippen LogP contribution in [0.25, 0.3) is 0 Å². The monoisotopic (exact) mass is 588 g/mol. The van der Waals surface area contributed by atoms with Gasteiger partial charge in [-0.15, -0.1) is 0 Å². The molecule has 0 unspecified atom stereocenters. The van der Waals surface area contributed by atoms with E-state index in [9.17, 15) is 13.2 Å². The Kier molecular flexibility index (Phi) is 8.96. The van der Waals surface area contributed by atoms with Crippen LogP contribution in [0.1, 0.15) is 44.4 Å². The van der Waals surface area contributed by atoms with Crippen LogP contribution in [-0.4, -0.2) is 55.8 Å². The van der Waals surface area contributed by atoms with Crippen LogP contribution in [0.2, 0.25) is 10.0 Å². The Morgan fingerprint density at radius 3 is 2.10 bits per heavy atom. The van der Waals surface area contributed by atoms with E-state index in [1.54, 1.807) is 46.0 Å². The van der Waals surface area contributed by atoms with E-state index < -0.39 is 21.5 Å². The first-order chi connectivity index (χ1) is 18.3. The number of nitrogens with zero attached hydrogens (tertiary/aromatic N) is 2. The number of carbonyl (C=O) groups is 1. The van der Waals surface area contributed by atoms with Crippen LogP contribution in [0, 0.1) is 5.92 Å². The van der Waals surface area contributed by atoms with Crippen molar-refractivity contribution in [1.82, 2.24) is 9.80 Å². The van der Waals surface area contributed by atoms with E-state index in [4.69, 9.17) is 27.9 Å². The molecule has 0 saturated carbocycles. The topological polar surface area (TPSA) is 66.9 Å². The minimum Gasteiger partial charge on any atom is -0.443 e. The molecular weight excluding hydrogens is 555 g/mol. The van der Waals surface area contributed by atoms with Crippen molar-refractivity contribution in [2.75, 3.05) is 25.9 Å². The molecule has 0 atom stereocenters. The van der Waals surface area contributed by atoms with Gasteiger partial charge in [-0.05, 0) is 73.7 Å². The van der Waals surface area contributed by atoms with Gasteiger partial charge in [0.2, 0.25) is 0 Å². The Hall–Kier alpha value is -2.58. The largest absolute Gasteiger partial charge is 0.443 e. The third-order valence-corrected chi connectivity index (χ3v) is 8.71. The molecule has 0 bridgehead atoms. The molecule has 208 valence electrons. The highest BCUT2D eigenvalue weighted by Gasteiger charge is 2.36. The van der Waals surface area contributed by atoms with Gasteiger partial charge in [0.1, 0.15) is 5.60 Å². The summed E-state index contributed by atoms with van der Waals surface area (Å²) in [6.07, 6.45) is 5.18. The minimum absolute atomic E-state index is 0.0148. The lowest BCUT2D eigenvalue weighted by Crippen LogP contribution is -2.51. The average Bonchev–Trinajstić information content (AvgIpc) is 2.83. The third-order valence-electron chi connectivity index (χ3n) is 6.60. The number of ether oxygens (including phenoxy) is 1. The molecule has 1 saturated heterocycles. The minimum atomic E-state index is -3.47. The molecule has 0 N–H and O–H groups in total. The molecule has 39 heavy (non-hydrogen) atoms. The van der Waals surface area contributed by atoms with Gasteiger partial charge >= 0.3 is 6.09 Å². The van der Waals surface area contributed by atoms with Crippen LogP contribution in [0.5, 0.6) is 0 Å². The standard InChI is InChI=1S/C30H34Cl2N2O4S/c1-30(2,3)38-29(35)33(4)27-7-5-6-21(16-27)19-39(36,37)20-22-17-34(18-22)28(23-8-12-25(31)13-9-23)24-10-14-26(32)15-11-24/h5-15,19,22,28H,16-18,20H2,1-4H3. The SMILES string of the molecule is CN(C(=O)OC(C)(C)C)C1=CC=CC(=CS(=O)(=O)CC2CN(C(c3ccc(Cl)cc3)c3ccc(Cl)cc3)C2)C1. The molecule has 1 aliphatic heterocycles. The first-order valence-corrected chi connectivity index (χ1v) is 15.3. The highest BCUT2D eigenvalue weighted by atomic mass is 35.5. The Labute approximate surface area is 241 Å². The normalized spacial score (nSPS) is 17.7.